The lowest BCUT2D eigenvalue weighted by molar-refractivity contribution is -0.127. The third-order valence-corrected chi connectivity index (χ3v) is 5.54. The number of H-pyrrole nitrogens is 2. The number of unbranched alkanes of at least 4 members (excludes halogenated alkanes) is 2. The fraction of sp³-hybridized carbons (Fsp3) is 0.476. The molecule has 0 aliphatic rings. The van der Waals surface area contributed by atoms with E-state index in [1.54, 1.807) is 11.7 Å². The number of methoxy groups -OCH3 is 3. The van der Waals surface area contributed by atoms with Crippen molar-refractivity contribution in [2.24, 2.45) is 0 Å². The molecule has 3 rings (SSSR count). The van der Waals surface area contributed by atoms with Crippen LogP contribution >= 0.6 is 12.2 Å². The Labute approximate surface area is 184 Å². The number of hydrogen-bond acceptors (Lipinski definition) is 6. The van der Waals surface area contributed by atoms with Gasteiger partial charge in [0.25, 0.3) is 5.56 Å². The smallest absolute Gasteiger partial charge is 0.278 e. The highest BCUT2D eigenvalue weighted by molar-refractivity contribution is 7.71. The molecular weight excluding hydrogens is 420 g/mol. The molecule has 0 bridgehead atoms. The second-order valence-corrected chi connectivity index (χ2v) is 7.58. The summed E-state index contributed by atoms with van der Waals surface area (Å²) in [4.78, 5) is 31.2. The number of aromatic nitrogens is 3. The molecular formula is C21H28N4O5S. The summed E-state index contributed by atoms with van der Waals surface area (Å²) in [6, 6.07) is 5.59. The minimum absolute atomic E-state index is 0.0523. The van der Waals surface area contributed by atoms with Gasteiger partial charge in [-0.05, 0) is 43.3 Å². The number of carbonyl (C=O) groups excluding carboxylic acids is 1. The largest absolute Gasteiger partial charge is 0.497 e. The number of ether oxygens (including phenoxy) is 3. The molecule has 0 aliphatic heterocycles. The maximum atomic E-state index is 13.0. The topological polar surface area (TPSA) is 110 Å². The molecule has 0 unspecified atom stereocenters. The lowest BCUT2D eigenvalue weighted by Gasteiger charge is -2.13. The Morgan fingerprint density at radius 2 is 1.90 bits per heavy atom. The normalized spacial score (nSPS) is 11.5. The van der Waals surface area contributed by atoms with E-state index in [-0.39, 0.29) is 11.5 Å². The SMILES string of the molecule is COc1ccc2[nH]c3c(=O)n(CCCCCC(=O)NCC(OC)OC)c(=S)[nH]c3c2c1. The summed E-state index contributed by atoms with van der Waals surface area (Å²) in [5.74, 6) is 0.657. The van der Waals surface area contributed by atoms with Crippen LogP contribution in [0.1, 0.15) is 25.7 Å². The van der Waals surface area contributed by atoms with Crippen molar-refractivity contribution in [3.8, 4) is 5.75 Å². The second-order valence-electron chi connectivity index (χ2n) is 7.19. The number of carbonyl (C=O) groups is 1. The average molecular weight is 449 g/mol. The van der Waals surface area contributed by atoms with Gasteiger partial charge in [0.1, 0.15) is 11.3 Å². The number of rotatable bonds is 11. The van der Waals surface area contributed by atoms with Gasteiger partial charge in [-0.25, -0.2) is 0 Å². The maximum absolute atomic E-state index is 13.0. The number of nitrogens with zero attached hydrogens (tertiary/aromatic N) is 1. The Hall–Kier alpha value is -2.69. The van der Waals surface area contributed by atoms with E-state index in [0.717, 1.165) is 30.2 Å². The Kier molecular flexibility index (Phi) is 7.83. The van der Waals surface area contributed by atoms with E-state index in [0.29, 0.717) is 41.1 Å². The van der Waals surface area contributed by atoms with Gasteiger partial charge in [0, 0.05) is 38.1 Å². The van der Waals surface area contributed by atoms with Crippen molar-refractivity contribution in [3.05, 3.63) is 33.3 Å². The lowest BCUT2D eigenvalue weighted by Crippen LogP contribution is -2.33. The predicted molar refractivity (Wildman–Crippen MR) is 121 cm³/mol. The van der Waals surface area contributed by atoms with Crippen molar-refractivity contribution < 1.29 is 19.0 Å². The summed E-state index contributed by atoms with van der Waals surface area (Å²) >= 11 is 5.43. The van der Waals surface area contributed by atoms with E-state index < -0.39 is 6.29 Å². The minimum atomic E-state index is -0.446. The number of amides is 1. The summed E-state index contributed by atoms with van der Waals surface area (Å²) < 4.78 is 17.3. The molecule has 0 saturated carbocycles. The molecule has 1 aromatic carbocycles. The Balaban J connectivity index is 1.60. The molecule has 168 valence electrons. The first-order chi connectivity index (χ1) is 15.0. The predicted octanol–water partition coefficient (Wildman–Crippen LogP) is 2.84. The van der Waals surface area contributed by atoms with Gasteiger partial charge >= 0.3 is 0 Å². The molecule has 0 radical (unpaired) electrons. The maximum Gasteiger partial charge on any atom is 0.278 e. The van der Waals surface area contributed by atoms with Gasteiger partial charge in [-0.15, -0.1) is 0 Å². The fourth-order valence-electron chi connectivity index (χ4n) is 3.47. The summed E-state index contributed by atoms with van der Waals surface area (Å²) in [5, 5.41) is 3.63. The van der Waals surface area contributed by atoms with Crippen LogP contribution in [0, 0.1) is 4.77 Å². The average Bonchev–Trinajstić information content (AvgIpc) is 3.14. The quantitative estimate of drug-likeness (QED) is 0.236. The van der Waals surface area contributed by atoms with Gasteiger partial charge in [0.05, 0.1) is 19.2 Å². The van der Waals surface area contributed by atoms with Crippen LogP contribution in [0.2, 0.25) is 0 Å². The van der Waals surface area contributed by atoms with Crippen LogP contribution in [0.25, 0.3) is 21.9 Å². The fourth-order valence-corrected chi connectivity index (χ4v) is 3.75. The Morgan fingerprint density at radius 1 is 1.13 bits per heavy atom. The highest BCUT2D eigenvalue weighted by Gasteiger charge is 2.12. The van der Waals surface area contributed by atoms with Crippen molar-refractivity contribution in [2.75, 3.05) is 27.9 Å². The molecule has 1 amide bonds. The highest BCUT2D eigenvalue weighted by atomic mass is 32.1. The molecule has 3 N–H and O–H groups in total. The molecule has 0 fully saturated rings. The minimum Gasteiger partial charge on any atom is -0.497 e. The zero-order valence-corrected chi connectivity index (χ0v) is 18.8. The third kappa shape index (κ3) is 5.33. The molecule has 0 atom stereocenters. The van der Waals surface area contributed by atoms with Crippen LogP contribution in [0.5, 0.6) is 5.75 Å². The number of fused-ring (bicyclic) bond motifs is 3. The summed E-state index contributed by atoms with van der Waals surface area (Å²) in [6.45, 7) is 0.798. The Bertz CT molecular complexity index is 1160. The third-order valence-electron chi connectivity index (χ3n) is 5.22. The van der Waals surface area contributed by atoms with Crippen molar-refractivity contribution in [1.29, 1.82) is 0 Å². The number of nitrogens with one attached hydrogen (secondary N) is 3. The molecule has 10 heteroatoms. The zero-order valence-electron chi connectivity index (χ0n) is 17.9. The van der Waals surface area contributed by atoms with Gasteiger partial charge < -0.3 is 29.5 Å². The molecule has 2 aromatic heterocycles. The number of benzene rings is 1. The molecule has 0 aliphatic carbocycles. The van der Waals surface area contributed by atoms with Gasteiger partial charge in [-0.1, -0.05) is 6.42 Å². The van der Waals surface area contributed by atoms with Crippen molar-refractivity contribution in [2.45, 2.75) is 38.5 Å². The number of hydrogen-bond donors (Lipinski definition) is 3. The molecule has 3 aromatic rings. The van der Waals surface area contributed by atoms with Crippen molar-refractivity contribution in [1.82, 2.24) is 19.9 Å². The van der Waals surface area contributed by atoms with E-state index in [1.807, 2.05) is 18.2 Å². The van der Waals surface area contributed by atoms with Crippen LogP contribution in [0.3, 0.4) is 0 Å². The van der Waals surface area contributed by atoms with Crippen LogP contribution in [-0.2, 0) is 20.8 Å². The number of aromatic amines is 2. The van der Waals surface area contributed by atoms with E-state index >= 15 is 0 Å². The van der Waals surface area contributed by atoms with Crippen LogP contribution < -0.4 is 15.6 Å². The summed E-state index contributed by atoms with van der Waals surface area (Å²) in [7, 11) is 4.65. The second kappa shape index (κ2) is 10.6. The van der Waals surface area contributed by atoms with E-state index in [2.05, 4.69) is 15.3 Å². The van der Waals surface area contributed by atoms with Crippen LogP contribution in [-0.4, -0.2) is 54.6 Å². The van der Waals surface area contributed by atoms with Crippen molar-refractivity contribution in [3.63, 3.8) is 0 Å². The lowest BCUT2D eigenvalue weighted by atomic mass is 10.2. The molecule has 31 heavy (non-hydrogen) atoms. The van der Waals surface area contributed by atoms with E-state index in [1.165, 1.54) is 14.2 Å². The van der Waals surface area contributed by atoms with Gasteiger partial charge in [0.2, 0.25) is 5.91 Å². The van der Waals surface area contributed by atoms with E-state index in [9.17, 15) is 9.59 Å². The monoisotopic (exact) mass is 448 g/mol. The highest BCUT2D eigenvalue weighted by Crippen LogP contribution is 2.25. The van der Waals surface area contributed by atoms with Gasteiger partial charge in [0.15, 0.2) is 11.1 Å². The van der Waals surface area contributed by atoms with E-state index in [4.69, 9.17) is 26.4 Å². The zero-order chi connectivity index (χ0) is 22.4. The van der Waals surface area contributed by atoms with Crippen LogP contribution in [0.4, 0.5) is 0 Å². The molecule has 0 spiro atoms. The first-order valence-electron chi connectivity index (χ1n) is 10.1. The van der Waals surface area contributed by atoms with Crippen molar-refractivity contribution >= 4 is 40.1 Å². The molecule has 9 nitrogen and oxygen atoms in total. The standard InChI is InChI=1S/C21H28N4O5S/c1-28-13-8-9-15-14(11-13)18-19(23-15)20(27)25(21(31)24-18)10-6-4-5-7-16(26)22-12-17(29-2)30-3/h8-9,11,17,23H,4-7,10,12H2,1-3H3,(H,22,26)(H,24,31). The molecule has 2 heterocycles. The van der Waals surface area contributed by atoms with Crippen LogP contribution in [0.15, 0.2) is 23.0 Å². The summed E-state index contributed by atoms with van der Waals surface area (Å²) in [6.07, 6.45) is 2.22. The first-order valence-corrected chi connectivity index (χ1v) is 10.5. The molecule has 0 saturated heterocycles. The Morgan fingerprint density at radius 3 is 2.61 bits per heavy atom. The van der Waals surface area contributed by atoms with Gasteiger partial charge in [-0.2, -0.15) is 0 Å². The first kappa shape index (κ1) is 23.0. The summed E-state index contributed by atoms with van der Waals surface area (Å²) in [5.41, 5.74) is 1.85. The van der Waals surface area contributed by atoms with Gasteiger partial charge in [-0.3, -0.25) is 14.2 Å².